The van der Waals surface area contributed by atoms with Crippen molar-refractivity contribution in [3.05, 3.63) is 11.8 Å². The Hall–Kier alpha value is -0.500. The lowest BCUT2D eigenvalue weighted by molar-refractivity contribution is 0.314. The minimum absolute atomic E-state index is 0.773. The van der Waals surface area contributed by atoms with E-state index < -0.39 is 0 Å². The van der Waals surface area contributed by atoms with Crippen molar-refractivity contribution in [1.29, 1.82) is 0 Å². The van der Waals surface area contributed by atoms with Crippen LogP contribution in [0.5, 0.6) is 0 Å². The van der Waals surface area contributed by atoms with E-state index >= 15 is 0 Å². The van der Waals surface area contributed by atoms with E-state index in [1.54, 1.807) is 0 Å². The van der Waals surface area contributed by atoms with Gasteiger partial charge in [0.1, 0.15) is 0 Å². The highest BCUT2D eigenvalue weighted by Gasteiger charge is 2.11. The molecule has 0 amide bonds. The van der Waals surface area contributed by atoms with Crippen LogP contribution in [0.15, 0.2) is 11.8 Å². The second-order valence-electron chi connectivity index (χ2n) is 6.47. The van der Waals surface area contributed by atoms with E-state index in [9.17, 15) is 0 Å². The van der Waals surface area contributed by atoms with E-state index in [0.717, 1.165) is 30.5 Å². The molecule has 1 fully saturated rings. The first kappa shape index (κ1) is 16.6. The van der Waals surface area contributed by atoms with Gasteiger partial charge in [-0.15, -0.1) is 0 Å². The number of nitrogens with zero attached hydrogens (tertiary/aromatic N) is 1. The summed E-state index contributed by atoms with van der Waals surface area (Å²) in [6, 6.07) is 0. The molecule has 0 aromatic rings. The van der Waals surface area contributed by atoms with E-state index in [0.29, 0.717) is 0 Å². The van der Waals surface area contributed by atoms with E-state index in [2.05, 4.69) is 31.9 Å². The van der Waals surface area contributed by atoms with Crippen LogP contribution in [0.3, 0.4) is 0 Å². The largest absolute Gasteiger partial charge is 0.402 e. The zero-order chi connectivity index (χ0) is 14.1. The Labute approximate surface area is 120 Å². The molecule has 2 N–H and O–H groups in total. The maximum absolute atomic E-state index is 6.19. The molecule has 0 spiro atoms. The Bertz CT molecular complexity index is 254. The summed E-state index contributed by atoms with van der Waals surface area (Å²) in [4.78, 5) is 2.39. The highest BCUT2D eigenvalue weighted by Crippen LogP contribution is 2.26. The molecule has 2 nitrogen and oxygen atoms in total. The topological polar surface area (TPSA) is 29.3 Å². The SMILES string of the molecule is CCN(C)CCC(C)CC/C(N)=C\C1CCCCC1. The zero-order valence-corrected chi connectivity index (χ0v) is 13.3. The van der Waals surface area contributed by atoms with Gasteiger partial charge >= 0.3 is 0 Å². The molecular weight excluding hydrogens is 232 g/mol. The minimum atomic E-state index is 0.773. The summed E-state index contributed by atoms with van der Waals surface area (Å²) in [7, 11) is 2.20. The van der Waals surface area contributed by atoms with Crippen LogP contribution < -0.4 is 5.73 Å². The van der Waals surface area contributed by atoms with Crippen LogP contribution in [0.4, 0.5) is 0 Å². The van der Waals surface area contributed by atoms with Gasteiger partial charge in [-0.2, -0.15) is 0 Å². The Morgan fingerprint density at radius 3 is 2.58 bits per heavy atom. The monoisotopic (exact) mass is 266 g/mol. The number of allylic oxidation sites excluding steroid dienone is 2. The van der Waals surface area contributed by atoms with Gasteiger partial charge in [0.2, 0.25) is 0 Å². The lowest BCUT2D eigenvalue weighted by Crippen LogP contribution is -2.20. The summed E-state index contributed by atoms with van der Waals surface area (Å²) in [6.07, 6.45) is 12.9. The maximum atomic E-state index is 6.19. The van der Waals surface area contributed by atoms with Crippen molar-refractivity contribution in [1.82, 2.24) is 4.90 Å². The summed E-state index contributed by atoms with van der Waals surface area (Å²) >= 11 is 0. The Kier molecular flexibility index (Phi) is 8.20. The van der Waals surface area contributed by atoms with Gasteiger partial charge in [0.25, 0.3) is 0 Å². The van der Waals surface area contributed by atoms with E-state index in [1.807, 2.05) is 0 Å². The molecule has 0 radical (unpaired) electrons. The fourth-order valence-corrected chi connectivity index (χ4v) is 2.84. The maximum Gasteiger partial charge on any atom is 0.00428 e. The number of rotatable bonds is 8. The van der Waals surface area contributed by atoms with Crippen molar-refractivity contribution < 1.29 is 0 Å². The van der Waals surface area contributed by atoms with Crippen molar-refractivity contribution >= 4 is 0 Å². The fraction of sp³-hybridized carbons (Fsp3) is 0.882. The third-order valence-electron chi connectivity index (χ3n) is 4.57. The summed E-state index contributed by atoms with van der Waals surface area (Å²) in [5, 5.41) is 0. The van der Waals surface area contributed by atoms with E-state index in [-0.39, 0.29) is 0 Å². The molecule has 1 aliphatic rings. The minimum Gasteiger partial charge on any atom is -0.402 e. The fourth-order valence-electron chi connectivity index (χ4n) is 2.84. The second-order valence-corrected chi connectivity index (χ2v) is 6.47. The summed E-state index contributed by atoms with van der Waals surface area (Å²) in [5.74, 6) is 1.56. The van der Waals surface area contributed by atoms with Gasteiger partial charge in [-0.3, -0.25) is 0 Å². The van der Waals surface area contributed by atoms with Crippen LogP contribution in [-0.2, 0) is 0 Å². The molecular formula is C17H34N2. The zero-order valence-electron chi connectivity index (χ0n) is 13.3. The molecule has 112 valence electrons. The summed E-state index contributed by atoms with van der Waals surface area (Å²) in [5.41, 5.74) is 7.33. The van der Waals surface area contributed by atoms with Crippen molar-refractivity contribution in [3.8, 4) is 0 Å². The highest BCUT2D eigenvalue weighted by atomic mass is 15.1. The molecule has 1 saturated carbocycles. The van der Waals surface area contributed by atoms with Crippen LogP contribution in [-0.4, -0.2) is 25.0 Å². The van der Waals surface area contributed by atoms with Gasteiger partial charge in [0, 0.05) is 5.70 Å². The normalized spacial score (nSPS) is 19.9. The van der Waals surface area contributed by atoms with E-state index in [1.165, 1.54) is 51.5 Å². The first-order valence-corrected chi connectivity index (χ1v) is 8.26. The van der Waals surface area contributed by atoms with Gasteiger partial charge < -0.3 is 10.6 Å². The summed E-state index contributed by atoms with van der Waals surface area (Å²) in [6.45, 7) is 6.94. The van der Waals surface area contributed by atoms with Crippen LogP contribution in [0.2, 0.25) is 0 Å². The third-order valence-corrected chi connectivity index (χ3v) is 4.57. The van der Waals surface area contributed by atoms with Gasteiger partial charge in [0.15, 0.2) is 0 Å². The average Bonchev–Trinajstić information content (AvgIpc) is 2.43. The van der Waals surface area contributed by atoms with Crippen molar-refractivity contribution in [2.24, 2.45) is 17.6 Å². The number of hydrogen-bond donors (Lipinski definition) is 1. The number of hydrogen-bond acceptors (Lipinski definition) is 2. The Balaban J connectivity index is 2.17. The molecule has 0 heterocycles. The molecule has 1 aliphatic carbocycles. The smallest absolute Gasteiger partial charge is 0.00428 e. The lowest BCUT2D eigenvalue weighted by Gasteiger charge is -2.20. The van der Waals surface area contributed by atoms with Gasteiger partial charge in [-0.05, 0) is 64.1 Å². The predicted octanol–water partition coefficient (Wildman–Crippen LogP) is 4.17. The molecule has 1 rings (SSSR count). The molecule has 0 aliphatic heterocycles. The Morgan fingerprint density at radius 2 is 1.95 bits per heavy atom. The molecule has 2 heteroatoms. The predicted molar refractivity (Wildman–Crippen MR) is 85.0 cm³/mol. The molecule has 19 heavy (non-hydrogen) atoms. The van der Waals surface area contributed by atoms with Crippen molar-refractivity contribution in [3.63, 3.8) is 0 Å². The van der Waals surface area contributed by atoms with Gasteiger partial charge in [-0.1, -0.05) is 39.2 Å². The average molecular weight is 266 g/mol. The summed E-state index contributed by atoms with van der Waals surface area (Å²) < 4.78 is 0. The van der Waals surface area contributed by atoms with Crippen LogP contribution >= 0.6 is 0 Å². The lowest BCUT2D eigenvalue weighted by atomic mass is 9.88. The molecule has 0 aromatic carbocycles. The molecule has 0 aromatic heterocycles. The third kappa shape index (κ3) is 7.61. The highest BCUT2D eigenvalue weighted by molar-refractivity contribution is 5.00. The Morgan fingerprint density at radius 1 is 1.26 bits per heavy atom. The van der Waals surface area contributed by atoms with Gasteiger partial charge in [-0.25, -0.2) is 0 Å². The van der Waals surface area contributed by atoms with Gasteiger partial charge in [0.05, 0.1) is 0 Å². The van der Waals surface area contributed by atoms with E-state index in [4.69, 9.17) is 5.73 Å². The van der Waals surface area contributed by atoms with Crippen LogP contribution in [0, 0.1) is 11.8 Å². The second kappa shape index (κ2) is 9.41. The number of nitrogens with two attached hydrogens (primary N) is 1. The van der Waals surface area contributed by atoms with Crippen LogP contribution in [0.25, 0.3) is 0 Å². The first-order chi connectivity index (χ1) is 9.11. The quantitative estimate of drug-likeness (QED) is 0.714. The first-order valence-electron chi connectivity index (χ1n) is 8.26. The molecule has 0 saturated heterocycles. The van der Waals surface area contributed by atoms with Crippen molar-refractivity contribution in [2.75, 3.05) is 20.1 Å². The van der Waals surface area contributed by atoms with Crippen LogP contribution in [0.1, 0.15) is 65.2 Å². The molecule has 1 atom stereocenters. The molecule has 0 bridgehead atoms. The standard InChI is InChI=1S/C17H34N2/c1-4-19(3)13-12-15(2)10-11-17(18)14-16-8-6-5-7-9-16/h14-16H,4-13,18H2,1-3H3/b17-14+. The van der Waals surface area contributed by atoms with Crippen molar-refractivity contribution in [2.45, 2.75) is 65.2 Å². The molecule has 1 unspecified atom stereocenters.